The molecule has 2 atom stereocenters. The van der Waals surface area contributed by atoms with Crippen LogP contribution in [0.1, 0.15) is 56.9 Å². The van der Waals surface area contributed by atoms with E-state index < -0.39 is 0 Å². The minimum Gasteiger partial charge on any atom is -0.497 e. The number of nitrogens with one attached hydrogen (secondary N) is 1. The van der Waals surface area contributed by atoms with Crippen molar-refractivity contribution in [2.45, 2.75) is 63.8 Å². The fraction of sp³-hybridized carbons (Fsp3) is 0.538. The molecule has 2 aromatic rings. The largest absolute Gasteiger partial charge is 0.497 e. The molecule has 1 saturated heterocycles. The molecule has 1 aromatic heterocycles. The van der Waals surface area contributed by atoms with Crippen molar-refractivity contribution in [2.24, 2.45) is 5.92 Å². The maximum absolute atomic E-state index is 12.1. The number of hydroxylamine groups is 1. The van der Waals surface area contributed by atoms with Gasteiger partial charge in [0.2, 0.25) is 5.91 Å². The summed E-state index contributed by atoms with van der Waals surface area (Å²) in [6.45, 7) is 1.83. The second-order valence-electron chi connectivity index (χ2n) is 9.28. The van der Waals surface area contributed by atoms with Crippen LogP contribution in [0.3, 0.4) is 0 Å². The lowest BCUT2D eigenvalue weighted by molar-refractivity contribution is -0.135. The van der Waals surface area contributed by atoms with Crippen molar-refractivity contribution < 1.29 is 14.7 Å². The summed E-state index contributed by atoms with van der Waals surface area (Å²) in [7, 11) is 1.66. The van der Waals surface area contributed by atoms with E-state index in [0.29, 0.717) is 11.1 Å². The summed E-state index contributed by atoms with van der Waals surface area (Å²) in [5.74, 6) is 0.401. The summed E-state index contributed by atoms with van der Waals surface area (Å²) < 4.78 is 5.40. The number of carbonyl (C=O) groups is 1. The number of aryl methyl sites for hydroxylation is 1. The number of methoxy groups -OCH3 is 1. The number of rotatable bonds is 8. The lowest BCUT2D eigenvalue weighted by Crippen LogP contribution is -2.46. The Bertz CT molecular complexity index is 1000. The number of ether oxygens (including phenoxy) is 1. The summed E-state index contributed by atoms with van der Waals surface area (Å²) in [6, 6.07) is 6.19. The molecule has 1 aromatic carbocycles. The molecule has 33 heavy (non-hydrogen) atoms. The number of carbonyl (C=O) groups excluding carboxylic acids is 1. The van der Waals surface area contributed by atoms with Crippen LogP contribution in [-0.4, -0.2) is 47.2 Å². The Labute approximate surface area is 200 Å². The third kappa shape index (κ3) is 5.86. The molecule has 2 unspecified atom stereocenters. The highest BCUT2D eigenvalue weighted by molar-refractivity contribution is 6.32. The Kier molecular flexibility index (Phi) is 8.23. The average Bonchev–Trinajstić information content (AvgIpc) is 3.37. The number of benzene rings is 1. The van der Waals surface area contributed by atoms with Gasteiger partial charge < -0.3 is 4.74 Å². The first-order chi connectivity index (χ1) is 16.1. The normalized spacial score (nSPS) is 21.4. The molecule has 0 radical (unpaired) electrons. The van der Waals surface area contributed by atoms with Crippen LogP contribution in [0.4, 0.5) is 0 Å². The van der Waals surface area contributed by atoms with Crippen molar-refractivity contribution in [3.8, 4) is 5.75 Å². The van der Waals surface area contributed by atoms with Gasteiger partial charge >= 0.3 is 0 Å². The lowest BCUT2D eigenvalue weighted by Gasteiger charge is -2.38. The Morgan fingerprint density at radius 1 is 1.36 bits per heavy atom. The molecule has 0 spiro atoms. The van der Waals surface area contributed by atoms with Crippen LogP contribution in [0.2, 0.25) is 5.02 Å². The fourth-order valence-electron chi connectivity index (χ4n) is 5.35. The van der Waals surface area contributed by atoms with Crippen LogP contribution in [0.15, 0.2) is 36.0 Å². The predicted molar refractivity (Wildman–Crippen MR) is 131 cm³/mol. The van der Waals surface area contributed by atoms with Gasteiger partial charge in [-0.25, -0.2) is 5.48 Å². The number of hydrogen-bond donors (Lipinski definition) is 2. The standard InChI is InChI=1S/C26H34ClN3O3/c1-33-21-9-10-25-23(16-21)22(24(27)17-28-25)8-4-7-20-15-19(26(31)29-32)12-14-30(20)13-11-18-5-2-3-6-18/h9-11,16-17,19-20,32H,2-8,12-15H2,1H3,(H,29,31). The van der Waals surface area contributed by atoms with E-state index in [-0.39, 0.29) is 11.8 Å². The van der Waals surface area contributed by atoms with E-state index in [4.69, 9.17) is 21.5 Å². The topological polar surface area (TPSA) is 74.7 Å². The summed E-state index contributed by atoms with van der Waals surface area (Å²) in [5.41, 5.74) is 5.45. The van der Waals surface area contributed by atoms with Gasteiger partial charge in [0.1, 0.15) is 5.75 Å². The molecule has 178 valence electrons. The van der Waals surface area contributed by atoms with Crippen LogP contribution < -0.4 is 10.2 Å². The van der Waals surface area contributed by atoms with E-state index in [9.17, 15) is 4.79 Å². The van der Waals surface area contributed by atoms with Gasteiger partial charge in [-0.2, -0.15) is 0 Å². The minimum atomic E-state index is -0.260. The number of piperidine rings is 1. The molecular formula is C26H34ClN3O3. The van der Waals surface area contributed by atoms with Crippen molar-refractivity contribution in [1.29, 1.82) is 0 Å². The van der Waals surface area contributed by atoms with E-state index in [1.807, 2.05) is 23.7 Å². The number of likely N-dealkylation sites (tertiary alicyclic amines) is 1. The first-order valence-electron chi connectivity index (χ1n) is 12.1. The van der Waals surface area contributed by atoms with Gasteiger partial charge in [0.25, 0.3) is 0 Å². The van der Waals surface area contributed by atoms with Gasteiger partial charge in [-0.15, -0.1) is 0 Å². The molecule has 0 bridgehead atoms. The molecule has 1 aliphatic heterocycles. The zero-order valence-electron chi connectivity index (χ0n) is 19.4. The van der Waals surface area contributed by atoms with Crippen molar-refractivity contribution >= 4 is 28.4 Å². The number of fused-ring (bicyclic) bond motifs is 1. The van der Waals surface area contributed by atoms with Crippen LogP contribution in [0, 0.1) is 5.92 Å². The first kappa shape index (κ1) is 24.0. The molecule has 2 heterocycles. The molecule has 7 heteroatoms. The van der Waals surface area contributed by atoms with Crippen molar-refractivity contribution in [1.82, 2.24) is 15.4 Å². The molecule has 2 fully saturated rings. The zero-order valence-corrected chi connectivity index (χ0v) is 20.1. The van der Waals surface area contributed by atoms with Gasteiger partial charge in [-0.1, -0.05) is 23.3 Å². The van der Waals surface area contributed by atoms with Gasteiger partial charge in [-0.05, 0) is 88.1 Å². The maximum Gasteiger partial charge on any atom is 0.246 e. The molecule has 1 amide bonds. The number of nitrogens with zero attached hydrogens (tertiary/aromatic N) is 2. The average molecular weight is 472 g/mol. The number of allylic oxidation sites excluding steroid dienone is 1. The molecular weight excluding hydrogens is 438 g/mol. The van der Waals surface area contributed by atoms with E-state index in [0.717, 1.165) is 67.4 Å². The predicted octanol–water partition coefficient (Wildman–Crippen LogP) is 5.31. The fourth-order valence-corrected chi connectivity index (χ4v) is 5.59. The van der Waals surface area contributed by atoms with Gasteiger partial charge in [0, 0.05) is 30.1 Å². The van der Waals surface area contributed by atoms with Crippen LogP contribution >= 0.6 is 11.6 Å². The summed E-state index contributed by atoms with van der Waals surface area (Å²) in [5, 5.41) is 10.8. The van der Waals surface area contributed by atoms with E-state index in [2.05, 4.69) is 16.0 Å². The number of aromatic nitrogens is 1. The highest BCUT2D eigenvalue weighted by Gasteiger charge is 2.31. The van der Waals surface area contributed by atoms with Crippen molar-refractivity contribution in [2.75, 3.05) is 20.2 Å². The van der Waals surface area contributed by atoms with Crippen molar-refractivity contribution in [3.05, 3.63) is 46.6 Å². The molecule has 6 nitrogen and oxygen atoms in total. The summed E-state index contributed by atoms with van der Waals surface area (Å²) in [4.78, 5) is 19.1. The molecule has 1 saturated carbocycles. The van der Waals surface area contributed by atoms with Gasteiger partial charge in [0.15, 0.2) is 0 Å². The van der Waals surface area contributed by atoms with Crippen molar-refractivity contribution in [3.63, 3.8) is 0 Å². The molecule has 2 N–H and O–H groups in total. The number of amides is 1. The minimum absolute atomic E-state index is 0.134. The third-order valence-electron chi connectivity index (χ3n) is 7.28. The molecule has 1 aliphatic carbocycles. The monoisotopic (exact) mass is 471 g/mol. The Balaban J connectivity index is 1.46. The van der Waals surface area contributed by atoms with E-state index >= 15 is 0 Å². The molecule has 4 rings (SSSR count). The Morgan fingerprint density at radius 3 is 2.94 bits per heavy atom. The maximum atomic E-state index is 12.1. The highest BCUT2D eigenvalue weighted by atomic mass is 35.5. The highest BCUT2D eigenvalue weighted by Crippen LogP contribution is 2.31. The number of pyridine rings is 1. The quantitative estimate of drug-likeness (QED) is 0.310. The summed E-state index contributed by atoms with van der Waals surface area (Å²) >= 11 is 6.55. The number of halogens is 1. The Morgan fingerprint density at radius 2 is 2.18 bits per heavy atom. The van der Waals surface area contributed by atoms with Gasteiger partial charge in [-0.3, -0.25) is 19.9 Å². The smallest absolute Gasteiger partial charge is 0.246 e. The Hall–Kier alpha value is -2.15. The SMILES string of the molecule is COc1ccc2ncc(Cl)c(CCCC3CC(C(=O)NO)CCN3CC=C3CCCC3)c2c1. The second-order valence-corrected chi connectivity index (χ2v) is 9.68. The third-order valence-corrected chi connectivity index (χ3v) is 7.60. The van der Waals surface area contributed by atoms with E-state index in [1.54, 1.807) is 18.9 Å². The second kappa shape index (κ2) is 11.3. The molecule has 2 aliphatic rings. The van der Waals surface area contributed by atoms with E-state index in [1.165, 1.54) is 25.7 Å². The van der Waals surface area contributed by atoms with Crippen LogP contribution in [0.5, 0.6) is 5.75 Å². The van der Waals surface area contributed by atoms with Crippen LogP contribution in [-0.2, 0) is 11.2 Å². The number of hydrogen-bond acceptors (Lipinski definition) is 5. The van der Waals surface area contributed by atoms with Crippen LogP contribution in [0.25, 0.3) is 10.9 Å². The lowest BCUT2D eigenvalue weighted by atomic mass is 9.87. The zero-order chi connectivity index (χ0) is 23.2. The summed E-state index contributed by atoms with van der Waals surface area (Å²) in [6.07, 6.45) is 13.5. The van der Waals surface area contributed by atoms with Gasteiger partial charge in [0.05, 0.1) is 17.6 Å². The first-order valence-corrected chi connectivity index (χ1v) is 12.4.